The number of ether oxygens (including phenoxy) is 1. The van der Waals surface area contributed by atoms with E-state index in [1.807, 2.05) is 61.5 Å². The number of hydrogen-bond donors (Lipinski definition) is 1. The Labute approximate surface area is 154 Å². The molecule has 0 bridgehead atoms. The van der Waals surface area contributed by atoms with Crippen LogP contribution in [0.25, 0.3) is 10.1 Å². The summed E-state index contributed by atoms with van der Waals surface area (Å²) in [6.07, 6.45) is 0. The molecular formula is C19H16ClNO3S. The number of benzene rings is 2. The number of esters is 1. The van der Waals surface area contributed by atoms with Crippen molar-refractivity contribution in [2.45, 2.75) is 13.0 Å². The number of rotatable bonds is 5. The molecule has 3 aromatic rings. The Morgan fingerprint density at radius 3 is 2.52 bits per heavy atom. The van der Waals surface area contributed by atoms with E-state index in [-0.39, 0.29) is 18.6 Å². The molecule has 4 nitrogen and oxygen atoms in total. The topological polar surface area (TPSA) is 55.4 Å². The molecule has 0 saturated heterocycles. The van der Waals surface area contributed by atoms with E-state index >= 15 is 0 Å². The van der Waals surface area contributed by atoms with E-state index in [9.17, 15) is 9.59 Å². The normalized spacial score (nSPS) is 11.9. The molecule has 1 N–H and O–H groups in total. The van der Waals surface area contributed by atoms with Gasteiger partial charge < -0.3 is 10.1 Å². The number of thiophene rings is 1. The minimum Gasteiger partial charge on any atom is -0.451 e. The number of carbonyl (C=O) groups is 2. The zero-order valence-electron chi connectivity index (χ0n) is 13.5. The maximum atomic E-state index is 12.2. The van der Waals surface area contributed by atoms with Gasteiger partial charge in [-0.15, -0.1) is 11.3 Å². The van der Waals surface area contributed by atoms with Crippen molar-refractivity contribution in [3.05, 3.63) is 70.1 Å². The quantitative estimate of drug-likeness (QED) is 0.665. The highest BCUT2D eigenvalue weighted by atomic mass is 35.5. The monoisotopic (exact) mass is 373 g/mol. The number of nitrogens with one attached hydrogen (secondary N) is 1. The summed E-state index contributed by atoms with van der Waals surface area (Å²) < 4.78 is 6.02. The summed E-state index contributed by atoms with van der Waals surface area (Å²) in [5.74, 6) is -0.948. The molecule has 0 fully saturated rings. The maximum absolute atomic E-state index is 12.2. The fourth-order valence-electron chi connectivity index (χ4n) is 2.45. The van der Waals surface area contributed by atoms with E-state index in [0.29, 0.717) is 9.90 Å². The minimum atomic E-state index is -0.589. The summed E-state index contributed by atoms with van der Waals surface area (Å²) in [6.45, 7) is 1.53. The van der Waals surface area contributed by atoms with Gasteiger partial charge in [0.2, 0.25) is 0 Å². The molecule has 0 aliphatic carbocycles. The molecule has 3 rings (SSSR count). The lowest BCUT2D eigenvalue weighted by atomic mass is 10.1. The number of carbonyl (C=O) groups excluding carboxylic acids is 2. The van der Waals surface area contributed by atoms with E-state index in [1.165, 1.54) is 11.3 Å². The van der Waals surface area contributed by atoms with E-state index in [0.717, 1.165) is 15.6 Å². The Hall–Kier alpha value is -2.37. The predicted molar refractivity (Wildman–Crippen MR) is 100 cm³/mol. The van der Waals surface area contributed by atoms with Gasteiger partial charge in [-0.25, -0.2) is 4.79 Å². The summed E-state index contributed by atoms with van der Waals surface area (Å²) in [6, 6.07) is 16.9. The molecule has 0 aliphatic heterocycles. The third-order valence-electron chi connectivity index (χ3n) is 3.73. The molecule has 128 valence electrons. The van der Waals surface area contributed by atoms with Crippen LogP contribution in [0.1, 0.15) is 28.2 Å². The van der Waals surface area contributed by atoms with Crippen LogP contribution in [0.15, 0.2) is 54.6 Å². The smallest absolute Gasteiger partial charge is 0.350 e. The second-order valence-electron chi connectivity index (χ2n) is 5.52. The van der Waals surface area contributed by atoms with Crippen molar-refractivity contribution < 1.29 is 14.3 Å². The number of halogens is 1. The zero-order valence-corrected chi connectivity index (χ0v) is 15.1. The van der Waals surface area contributed by atoms with Crippen LogP contribution in [0.3, 0.4) is 0 Å². The van der Waals surface area contributed by atoms with Gasteiger partial charge >= 0.3 is 5.97 Å². The van der Waals surface area contributed by atoms with Crippen LogP contribution in [-0.2, 0) is 9.53 Å². The Bertz CT molecular complexity index is 907. The summed E-state index contributed by atoms with van der Waals surface area (Å²) in [5, 5.41) is 3.97. The van der Waals surface area contributed by atoms with E-state index in [4.69, 9.17) is 16.3 Å². The Kier molecular flexibility index (Phi) is 5.36. The molecule has 25 heavy (non-hydrogen) atoms. The van der Waals surface area contributed by atoms with Crippen molar-refractivity contribution in [3.63, 3.8) is 0 Å². The number of amides is 1. The molecular weight excluding hydrogens is 358 g/mol. The van der Waals surface area contributed by atoms with Crippen molar-refractivity contribution in [1.29, 1.82) is 0 Å². The van der Waals surface area contributed by atoms with Crippen LogP contribution in [0.4, 0.5) is 0 Å². The number of fused-ring (bicyclic) bond motifs is 1. The van der Waals surface area contributed by atoms with Crippen molar-refractivity contribution >= 4 is 44.9 Å². The molecule has 0 aliphatic rings. The summed E-state index contributed by atoms with van der Waals surface area (Å²) in [4.78, 5) is 24.5. The van der Waals surface area contributed by atoms with Gasteiger partial charge in [-0.1, -0.05) is 60.1 Å². The van der Waals surface area contributed by atoms with Gasteiger partial charge in [0.05, 0.1) is 11.1 Å². The molecule has 6 heteroatoms. The van der Waals surface area contributed by atoms with Gasteiger partial charge in [0.25, 0.3) is 5.91 Å². The SMILES string of the molecule is C[C@@H](NC(=O)COC(=O)c1sc2ccccc2c1Cl)c1ccccc1. The van der Waals surface area contributed by atoms with Gasteiger partial charge in [0, 0.05) is 10.1 Å². The average Bonchev–Trinajstić information content (AvgIpc) is 2.97. The number of hydrogen-bond acceptors (Lipinski definition) is 4. The second kappa shape index (κ2) is 7.68. The highest BCUT2D eigenvalue weighted by Gasteiger charge is 2.19. The first-order valence-corrected chi connectivity index (χ1v) is 8.94. The molecule has 0 unspecified atom stereocenters. The second-order valence-corrected chi connectivity index (χ2v) is 6.95. The Morgan fingerprint density at radius 2 is 1.80 bits per heavy atom. The fourth-order valence-corrected chi connectivity index (χ4v) is 3.85. The zero-order chi connectivity index (χ0) is 17.8. The fraction of sp³-hybridized carbons (Fsp3) is 0.158. The third kappa shape index (κ3) is 4.00. The average molecular weight is 374 g/mol. The first kappa shape index (κ1) is 17.5. The van der Waals surface area contributed by atoms with E-state index in [2.05, 4.69) is 5.32 Å². The van der Waals surface area contributed by atoms with Gasteiger partial charge in [0.1, 0.15) is 4.88 Å². The van der Waals surface area contributed by atoms with Crippen molar-refractivity contribution in [1.82, 2.24) is 5.32 Å². The Morgan fingerprint density at radius 1 is 1.12 bits per heavy atom. The lowest BCUT2D eigenvalue weighted by molar-refractivity contribution is -0.124. The standard InChI is InChI=1S/C19H16ClNO3S/c1-12(13-7-3-2-4-8-13)21-16(22)11-24-19(23)18-17(20)14-9-5-6-10-15(14)25-18/h2-10,12H,11H2,1H3,(H,21,22)/t12-/m1/s1. The summed E-state index contributed by atoms with van der Waals surface area (Å²) >= 11 is 7.50. The van der Waals surface area contributed by atoms with Crippen LogP contribution in [0.2, 0.25) is 5.02 Å². The third-order valence-corrected chi connectivity index (χ3v) is 5.39. The first-order valence-electron chi connectivity index (χ1n) is 7.74. The van der Waals surface area contributed by atoms with E-state index in [1.54, 1.807) is 0 Å². The van der Waals surface area contributed by atoms with Crippen molar-refractivity contribution in [2.24, 2.45) is 0 Å². The summed E-state index contributed by atoms with van der Waals surface area (Å²) in [5.41, 5.74) is 0.981. The van der Waals surface area contributed by atoms with E-state index < -0.39 is 5.97 Å². The minimum absolute atomic E-state index is 0.166. The summed E-state index contributed by atoms with van der Waals surface area (Å²) in [7, 11) is 0. The predicted octanol–water partition coefficient (Wildman–Crippen LogP) is 4.59. The molecule has 1 amide bonds. The molecule has 1 aromatic heterocycles. The van der Waals surface area contributed by atoms with Crippen LogP contribution in [0.5, 0.6) is 0 Å². The van der Waals surface area contributed by atoms with Crippen LogP contribution in [-0.4, -0.2) is 18.5 Å². The highest BCUT2D eigenvalue weighted by molar-refractivity contribution is 7.21. The molecule has 1 heterocycles. The van der Waals surface area contributed by atoms with Crippen molar-refractivity contribution in [2.75, 3.05) is 6.61 Å². The lowest BCUT2D eigenvalue weighted by Gasteiger charge is -2.14. The highest BCUT2D eigenvalue weighted by Crippen LogP contribution is 2.35. The Balaban J connectivity index is 1.60. The maximum Gasteiger partial charge on any atom is 0.350 e. The first-order chi connectivity index (χ1) is 12.1. The van der Waals surface area contributed by atoms with Gasteiger partial charge in [-0.3, -0.25) is 4.79 Å². The van der Waals surface area contributed by atoms with Crippen LogP contribution in [0, 0.1) is 0 Å². The van der Waals surface area contributed by atoms with Crippen LogP contribution >= 0.6 is 22.9 Å². The molecule has 0 spiro atoms. The van der Waals surface area contributed by atoms with Crippen molar-refractivity contribution in [3.8, 4) is 0 Å². The lowest BCUT2D eigenvalue weighted by Crippen LogP contribution is -2.31. The molecule has 0 saturated carbocycles. The van der Waals surface area contributed by atoms with Gasteiger partial charge in [-0.2, -0.15) is 0 Å². The molecule has 2 aromatic carbocycles. The van der Waals surface area contributed by atoms with Gasteiger partial charge in [-0.05, 0) is 18.6 Å². The molecule has 0 radical (unpaired) electrons. The van der Waals surface area contributed by atoms with Crippen LogP contribution < -0.4 is 5.32 Å². The van der Waals surface area contributed by atoms with Gasteiger partial charge in [0.15, 0.2) is 6.61 Å². The molecule has 1 atom stereocenters. The largest absolute Gasteiger partial charge is 0.451 e.